The van der Waals surface area contributed by atoms with Gasteiger partial charge in [0, 0.05) is 63.8 Å². The summed E-state index contributed by atoms with van der Waals surface area (Å²) < 4.78 is 24.4. The van der Waals surface area contributed by atoms with Crippen LogP contribution in [-0.2, 0) is 27.8 Å². The Morgan fingerprint density at radius 1 is 1.00 bits per heavy atom. The van der Waals surface area contributed by atoms with Gasteiger partial charge in [0.15, 0.2) is 17.3 Å². The highest BCUT2D eigenvalue weighted by molar-refractivity contribution is 6.03. The number of carbonyl (C=O) groups excluding carboxylic acids is 3. The Hall–Kier alpha value is -4.95. The van der Waals surface area contributed by atoms with E-state index in [0.717, 1.165) is 58.0 Å². The van der Waals surface area contributed by atoms with Crippen LogP contribution in [0.15, 0.2) is 47.6 Å². The summed E-state index contributed by atoms with van der Waals surface area (Å²) in [5.41, 5.74) is 1.69. The van der Waals surface area contributed by atoms with E-state index in [9.17, 15) is 14.4 Å². The summed E-state index contributed by atoms with van der Waals surface area (Å²) in [4.78, 5) is 51.6. The van der Waals surface area contributed by atoms with Gasteiger partial charge in [-0.2, -0.15) is 0 Å². The van der Waals surface area contributed by atoms with Crippen LogP contribution >= 0.6 is 0 Å². The number of methoxy groups -OCH3 is 1. The Morgan fingerprint density at radius 3 is 2.61 bits per heavy atom. The average Bonchev–Trinajstić information content (AvgIpc) is 3.68. The molecule has 1 atom stereocenters. The number of amides is 3. The highest BCUT2D eigenvalue weighted by Gasteiger charge is 2.32. The lowest BCUT2D eigenvalue weighted by Gasteiger charge is -2.26. The normalized spacial score (nSPS) is 17.2. The molecule has 2 aromatic carbocycles. The van der Waals surface area contributed by atoms with Crippen molar-refractivity contribution in [1.29, 1.82) is 0 Å². The summed E-state index contributed by atoms with van der Waals surface area (Å²) in [5.74, 6) is 2.01. The fourth-order valence-electron chi connectivity index (χ4n) is 6.07. The van der Waals surface area contributed by atoms with Crippen LogP contribution in [0.4, 0.5) is 17.2 Å². The molecule has 4 heterocycles. The number of aliphatic imine (C=N–C) groups is 1. The van der Waals surface area contributed by atoms with E-state index in [1.807, 2.05) is 23.2 Å². The Bertz CT molecular complexity index is 1670. The predicted octanol–water partition coefficient (Wildman–Crippen LogP) is 3.44. The first-order valence-electron chi connectivity index (χ1n) is 16.7. The molecule has 2 fully saturated rings. The molecule has 14 heteroatoms. The van der Waals surface area contributed by atoms with Crippen LogP contribution < -0.4 is 24.8 Å². The largest absolute Gasteiger partial charge is 0.493 e. The lowest BCUT2D eigenvalue weighted by Crippen LogP contribution is -2.38. The molecular weight excluding hydrogens is 630 g/mol. The Balaban J connectivity index is 0.927. The highest BCUT2D eigenvalue weighted by Crippen LogP contribution is 2.38. The molecule has 3 aromatic rings. The van der Waals surface area contributed by atoms with Crippen molar-refractivity contribution in [2.24, 2.45) is 12.0 Å². The number of imidazole rings is 1. The summed E-state index contributed by atoms with van der Waals surface area (Å²) in [6.07, 6.45) is 6.04. The van der Waals surface area contributed by atoms with Crippen LogP contribution in [0, 0.1) is 0 Å². The van der Waals surface area contributed by atoms with Gasteiger partial charge in [0.05, 0.1) is 50.6 Å². The van der Waals surface area contributed by atoms with Crippen molar-refractivity contribution in [3.8, 4) is 17.2 Å². The molecule has 2 N–H and O–H groups in total. The van der Waals surface area contributed by atoms with Gasteiger partial charge >= 0.3 is 0 Å². The van der Waals surface area contributed by atoms with Gasteiger partial charge in [-0.3, -0.25) is 24.3 Å². The number of nitrogens with one attached hydrogen (secondary N) is 2. The molecule has 49 heavy (non-hydrogen) atoms. The van der Waals surface area contributed by atoms with Crippen molar-refractivity contribution in [1.82, 2.24) is 19.4 Å². The molecule has 260 valence electrons. The third kappa shape index (κ3) is 8.75. The van der Waals surface area contributed by atoms with Crippen molar-refractivity contribution >= 4 is 41.1 Å². The van der Waals surface area contributed by atoms with E-state index < -0.39 is 0 Å². The van der Waals surface area contributed by atoms with Crippen molar-refractivity contribution in [2.45, 2.75) is 38.1 Å². The number of benzene rings is 2. The quantitative estimate of drug-likeness (QED) is 0.246. The van der Waals surface area contributed by atoms with Gasteiger partial charge in [0.2, 0.25) is 11.8 Å². The molecule has 0 aliphatic carbocycles. The maximum absolute atomic E-state index is 13.1. The predicted molar refractivity (Wildman–Crippen MR) is 183 cm³/mol. The van der Waals surface area contributed by atoms with Crippen LogP contribution in [0.5, 0.6) is 17.2 Å². The third-order valence-electron chi connectivity index (χ3n) is 8.74. The van der Waals surface area contributed by atoms with Gasteiger partial charge in [-0.05, 0) is 49.6 Å². The van der Waals surface area contributed by atoms with Crippen molar-refractivity contribution in [2.75, 3.05) is 70.3 Å². The van der Waals surface area contributed by atoms with E-state index in [4.69, 9.17) is 18.9 Å². The second kappa shape index (κ2) is 16.0. The monoisotopic (exact) mass is 673 g/mol. The zero-order chi connectivity index (χ0) is 34.2. The molecule has 1 aromatic heterocycles. The number of aromatic nitrogens is 2. The number of rotatable bonds is 14. The molecular formula is C35H43N7O7. The van der Waals surface area contributed by atoms with Crippen molar-refractivity contribution in [3.05, 3.63) is 54.0 Å². The number of fused-ring (bicyclic) bond motifs is 2. The summed E-state index contributed by atoms with van der Waals surface area (Å²) in [5, 5.41) is 5.68. The van der Waals surface area contributed by atoms with Crippen molar-refractivity contribution in [3.63, 3.8) is 0 Å². The standard InChI is InChI=1S/C35H43N7O7/c1-40-23-31(38-32(40)21-34(44)37-24-7-9-26(10-8-24)48-18-14-41-12-16-47-17-13-41)39-33(43)6-4-15-49-30-20-28-27(19-29(30)46-2)35(45)42-11-3-5-25(42)22-36-28/h7-10,19-20,22-23,25H,3-6,11-18,21H2,1-2H3,(H,37,44)(H,39,43)/t25-/m0/s1. The Labute approximate surface area is 285 Å². The lowest BCUT2D eigenvalue weighted by molar-refractivity contribution is -0.116. The lowest BCUT2D eigenvalue weighted by atomic mass is 10.1. The summed E-state index contributed by atoms with van der Waals surface area (Å²) >= 11 is 0. The molecule has 0 spiro atoms. The minimum atomic E-state index is -0.228. The van der Waals surface area contributed by atoms with Gasteiger partial charge in [-0.1, -0.05) is 0 Å². The van der Waals surface area contributed by atoms with Gasteiger partial charge in [0.1, 0.15) is 18.2 Å². The maximum atomic E-state index is 13.1. The van der Waals surface area contributed by atoms with Crippen molar-refractivity contribution < 1.29 is 33.3 Å². The molecule has 0 unspecified atom stereocenters. The topological polar surface area (TPSA) is 149 Å². The molecule has 6 rings (SSSR count). The first-order chi connectivity index (χ1) is 23.9. The molecule has 3 amide bonds. The first kappa shape index (κ1) is 33.9. The van der Waals surface area contributed by atoms with E-state index in [0.29, 0.717) is 53.1 Å². The fraction of sp³-hybridized carbons (Fsp3) is 0.457. The van der Waals surface area contributed by atoms with Gasteiger partial charge in [-0.25, -0.2) is 4.98 Å². The maximum Gasteiger partial charge on any atom is 0.256 e. The van der Waals surface area contributed by atoms with E-state index in [1.165, 1.54) is 7.11 Å². The zero-order valence-corrected chi connectivity index (χ0v) is 28.0. The summed E-state index contributed by atoms with van der Waals surface area (Å²) in [7, 11) is 3.30. The number of carbonyl (C=O) groups is 3. The molecule has 2 saturated heterocycles. The van der Waals surface area contributed by atoms with E-state index in [2.05, 4.69) is 25.5 Å². The second-order valence-corrected chi connectivity index (χ2v) is 12.2. The number of hydrogen-bond donors (Lipinski definition) is 2. The van der Waals surface area contributed by atoms with Gasteiger partial charge < -0.3 is 39.0 Å². The van der Waals surface area contributed by atoms with Crippen LogP contribution in [0.3, 0.4) is 0 Å². The van der Waals surface area contributed by atoms with Crippen LogP contribution in [-0.4, -0.2) is 109 Å². The molecule has 3 aliphatic rings. The van der Waals surface area contributed by atoms with Gasteiger partial charge in [-0.15, -0.1) is 0 Å². The number of morpholine rings is 1. The average molecular weight is 674 g/mol. The van der Waals surface area contributed by atoms with E-state index in [1.54, 1.807) is 42.1 Å². The summed E-state index contributed by atoms with van der Waals surface area (Å²) in [6.45, 7) is 5.75. The molecule has 14 nitrogen and oxygen atoms in total. The molecule has 0 saturated carbocycles. The van der Waals surface area contributed by atoms with Crippen LogP contribution in [0.2, 0.25) is 0 Å². The highest BCUT2D eigenvalue weighted by atomic mass is 16.5. The Kier molecular flexibility index (Phi) is 11.1. The summed E-state index contributed by atoms with van der Waals surface area (Å²) in [6, 6.07) is 10.7. The van der Waals surface area contributed by atoms with Crippen LogP contribution in [0.1, 0.15) is 41.9 Å². The van der Waals surface area contributed by atoms with Gasteiger partial charge in [0.25, 0.3) is 5.91 Å². The zero-order valence-electron chi connectivity index (χ0n) is 28.0. The first-order valence-corrected chi connectivity index (χ1v) is 16.7. The SMILES string of the molecule is COc1cc2c(cc1OCCCC(=O)Nc1cn(C)c(CC(=O)Nc3ccc(OCCN4CCOCC4)cc3)n1)N=C[C@@H]1CCCN1C2=O. The molecule has 3 aliphatic heterocycles. The third-order valence-corrected chi connectivity index (χ3v) is 8.74. The number of ether oxygens (including phenoxy) is 4. The number of anilines is 2. The smallest absolute Gasteiger partial charge is 0.256 e. The fourth-order valence-corrected chi connectivity index (χ4v) is 6.07. The number of nitrogens with zero attached hydrogens (tertiary/aromatic N) is 5. The molecule has 0 radical (unpaired) electrons. The Morgan fingerprint density at radius 2 is 1.82 bits per heavy atom. The number of hydrogen-bond acceptors (Lipinski definition) is 10. The minimum absolute atomic E-state index is 0.0151. The van der Waals surface area contributed by atoms with E-state index >= 15 is 0 Å². The van der Waals surface area contributed by atoms with E-state index in [-0.39, 0.29) is 43.2 Å². The van der Waals surface area contributed by atoms with Crippen LogP contribution in [0.25, 0.3) is 0 Å². The minimum Gasteiger partial charge on any atom is -0.493 e. The molecule has 0 bridgehead atoms. The second-order valence-electron chi connectivity index (χ2n) is 12.2. The number of aryl methyl sites for hydroxylation is 1.